The first kappa shape index (κ1) is 22.8. The van der Waals surface area contributed by atoms with Crippen LogP contribution < -0.4 is 14.8 Å². The minimum atomic E-state index is -0.385. The van der Waals surface area contributed by atoms with Crippen LogP contribution in [-0.4, -0.2) is 45.6 Å². The van der Waals surface area contributed by atoms with Crippen LogP contribution >= 0.6 is 0 Å². The molecule has 8 nitrogen and oxygen atoms in total. The Bertz CT molecular complexity index is 1230. The number of aliphatic hydroxyl groups excluding tert-OH is 1. The van der Waals surface area contributed by atoms with Gasteiger partial charge in [0.15, 0.2) is 11.5 Å². The molecule has 0 unspecified atom stereocenters. The van der Waals surface area contributed by atoms with Gasteiger partial charge in [-0.05, 0) is 57.5 Å². The van der Waals surface area contributed by atoms with Gasteiger partial charge in [-0.3, -0.25) is 0 Å². The van der Waals surface area contributed by atoms with Gasteiger partial charge in [0.25, 0.3) is 5.89 Å². The van der Waals surface area contributed by atoms with Crippen LogP contribution in [0, 0.1) is 0 Å². The molecule has 0 aliphatic heterocycles. The fourth-order valence-electron chi connectivity index (χ4n) is 3.61. The molecule has 174 valence electrons. The summed E-state index contributed by atoms with van der Waals surface area (Å²) in [5.41, 5.74) is 3.29. The van der Waals surface area contributed by atoms with E-state index in [9.17, 15) is 5.11 Å². The summed E-state index contributed by atoms with van der Waals surface area (Å²) in [6.45, 7) is 9.50. The fourth-order valence-corrected chi connectivity index (χ4v) is 3.61. The molecule has 0 fully saturated rings. The van der Waals surface area contributed by atoms with Gasteiger partial charge in [0, 0.05) is 40.3 Å². The van der Waals surface area contributed by atoms with Crippen molar-refractivity contribution in [1.82, 2.24) is 20.4 Å². The number of aromatic amines is 1. The predicted octanol–water partition coefficient (Wildman–Crippen LogP) is 4.54. The molecule has 0 saturated heterocycles. The number of ether oxygens (including phenoxy) is 2. The van der Waals surface area contributed by atoms with E-state index in [-0.39, 0.29) is 12.1 Å². The van der Waals surface area contributed by atoms with Crippen LogP contribution in [-0.2, 0) is 6.54 Å². The molecule has 0 bridgehead atoms. The third kappa shape index (κ3) is 4.86. The Hall–Kier alpha value is -3.36. The number of hydrogen-bond donors (Lipinski definition) is 3. The van der Waals surface area contributed by atoms with E-state index >= 15 is 0 Å². The summed E-state index contributed by atoms with van der Waals surface area (Å²) in [7, 11) is 0. The number of hydrogen-bond acceptors (Lipinski definition) is 7. The summed E-state index contributed by atoms with van der Waals surface area (Å²) in [6, 6.07) is 11.6. The Morgan fingerprint density at radius 1 is 1.09 bits per heavy atom. The van der Waals surface area contributed by atoms with Crippen molar-refractivity contribution in [1.29, 1.82) is 0 Å². The third-order valence-corrected chi connectivity index (χ3v) is 5.40. The summed E-state index contributed by atoms with van der Waals surface area (Å²) in [4.78, 5) is 7.99. The van der Waals surface area contributed by atoms with Crippen molar-refractivity contribution in [3.8, 4) is 34.3 Å². The first-order valence-corrected chi connectivity index (χ1v) is 11.1. The standard InChI is InChI=1S/C25H30N4O4/c1-5-31-20-11-10-16(12-21(20)32-6-2)24-28-23(29-33-24)18-8-7-9-19-22(18)17(13-26-19)14-27-25(3,4)15-30/h7-13,26-27,30H,5-6,14-15H2,1-4H3. The molecule has 0 amide bonds. The molecule has 2 aromatic heterocycles. The van der Waals surface area contributed by atoms with Crippen LogP contribution in [0.1, 0.15) is 33.3 Å². The van der Waals surface area contributed by atoms with Gasteiger partial charge in [-0.1, -0.05) is 17.3 Å². The average Bonchev–Trinajstić information content (AvgIpc) is 3.47. The molecule has 0 atom stereocenters. The van der Waals surface area contributed by atoms with E-state index in [2.05, 4.69) is 20.4 Å². The minimum Gasteiger partial charge on any atom is -0.490 e. The van der Waals surface area contributed by atoms with Crippen LogP contribution in [0.2, 0.25) is 0 Å². The number of aromatic nitrogens is 3. The number of nitrogens with one attached hydrogen (secondary N) is 2. The highest BCUT2D eigenvalue weighted by molar-refractivity contribution is 5.96. The molecule has 8 heteroatoms. The lowest BCUT2D eigenvalue weighted by molar-refractivity contribution is 0.187. The van der Waals surface area contributed by atoms with Gasteiger partial charge in [0.05, 0.1) is 19.8 Å². The van der Waals surface area contributed by atoms with E-state index in [1.165, 1.54) is 0 Å². The average molecular weight is 451 g/mol. The highest BCUT2D eigenvalue weighted by atomic mass is 16.5. The van der Waals surface area contributed by atoms with E-state index in [0.717, 1.165) is 27.6 Å². The highest BCUT2D eigenvalue weighted by Crippen LogP contribution is 2.34. The van der Waals surface area contributed by atoms with Gasteiger partial charge < -0.3 is 29.4 Å². The molecule has 2 heterocycles. The Kier molecular flexibility index (Phi) is 6.67. The van der Waals surface area contributed by atoms with Gasteiger partial charge in [-0.25, -0.2) is 0 Å². The monoisotopic (exact) mass is 450 g/mol. The normalized spacial score (nSPS) is 11.8. The van der Waals surface area contributed by atoms with E-state index in [1.807, 2.05) is 70.3 Å². The third-order valence-electron chi connectivity index (χ3n) is 5.40. The maximum absolute atomic E-state index is 9.56. The molecule has 0 aliphatic rings. The van der Waals surface area contributed by atoms with Crippen molar-refractivity contribution in [2.24, 2.45) is 0 Å². The Labute approximate surface area is 192 Å². The molecule has 2 aromatic carbocycles. The second kappa shape index (κ2) is 9.64. The number of H-pyrrole nitrogens is 1. The maximum atomic E-state index is 9.56. The zero-order valence-electron chi connectivity index (χ0n) is 19.4. The summed E-state index contributed by atoms with van der Waals surface area (Å²) in [5, 5.41) is 18.2. The van der Waals surface area contributed by atoms with Gasteiger partial charge in [-0.15, -0.1) is 0 Å². The SMILES string of the molecule is CCOc1ccc(-c2nc(-c3cccc4[nH]cc(CNC(C)(C)CO)c34)no2)cc1OCC. The Morgan fingerprint density at radius 2 is 1.88 bits per heavy atom. The topological polar surface area (TPSA) is 105 Å². The van der Waals surface area contributed by atoms with Gasteiger partial charge in [0.1, 0.15) is 0 Å². The van der Waals surface area contributed by atoms with Gasteiger partial charge in [-0.2, -0.15) is 4.98 Å². The lowest BCUT2D eigenvalue weighted by Gasteiger charge is -2.23. The zero-order valence-corrected chi connectivity index (χ0v) is 19.4. The summed E-state index contributed by atoms with van der Waals surface area (Å²) < 4.78 is 17.0. The lowest BCUT2D eigenvalue weighted by Crippen LogP contribution is -2.42. The first-order valence-electron chi connectivity index (χ1n) is 11.1. The van der Waals surface area contributed by atoms with Crippen LogP contribution in [0.5, 0.6) is 11.5 Å². The molecule has 4 aromatic rings. The van der Waals surface area contributed by atoms with E-state index in [0.29, 0.717) is 43.0 Å². The molecular weight excluding hydrogens is 420 g/mol. The van der Waals surface area contributed by atoms with Crippen LogP contribution in [0.4, 0.5) is 0 Å². The van der Waals surface area contributed by atoms with E-state index in [4.69, 9.17) is 14.0 Å². The molecule has 0 aliphatic carbocycles. The van der Waals surface area contributed by atoms with Crippen molar-refractivity contribution < 1.29 is 19.1 Å². The molecule has 3 N–H and O–H groups in total. The van der Waals surface area contributed by atoms with E-state index in [1.54, 1.807) is 0 Å². The number of nitrogens with zero attached hydrogens (tertiary/aromatic N) is 2. The smallest absolute Gasteiger partial charge is 0.258 e. The maximum Gasteiger partial charge on any atom is 0.258 e. The van der Waals surface area contributed by atoms with Crippen LogP contribution in [0.25, 0.3) is 33.7 Å². The second-order valence-electron chi connectivity index (χ2n) is 8.39. The van der Waals surface area contributed by atoms with Crippen LogP contribution in [0.3, 0.4) is 0 Å². The number of benzene rings is 2. The second-order valence-corrected chi connectivity index (χ2v) is 8.39. The number of fused-ring (bicyclic) bond motifs is 1. The molecule has 0 spiro atoms. The van der Waals surface area contributed by atoms with E-state index < -0.39 is 0 Å². The van der Waals surface area contributed by atoms with Crippen molar-refractivity contribution in [2.45, 2.75) is 39.8 Å². The fraction of sp³-hybridized carbons (Fsp3) is 0.360. The predicted molar refractivity (Wildman–Crippen MR) is 127 cm³/mol. The largest absolute Gasteiger partial charge is 0.490 e. The summed E-state index contributed by atoms with van der Waals surface area (Å²) in [6.07, 6.45) is 1.97. The molecule has 33 heavy (non-hydrogen) atoms. The summed E-state index contributed by atoms with van der Waals surface area (Å²) >= 11 is 0. The zero-order chi connectivity index (χ0) is 23.4. The number of aliphatic hydroxyl groups is 1. The van der Waals surface area contributed by atoms with Crippen LogP contribution in [0.15, 0.2) is 47.1 Å². The van der Waals surface area contributed by atoms with Crippen molar-refractivity contribution in [3.63, 3.8) is 0 Å². The van der Waals surface area contributed by atoms with Crippen molar-refractivity contribution in [2.75, 3.05) is 19.8 Å². The summed E-state index contributed by atoms with van der Waals surface area (Å²) in [5.74, 6) is 2.24. The van der Waals surface area contributed by atoms with Gasteiger partial charge >= 0.3 is 0 Å². The minimum absolute atomic E-state index is 0.0439. The Morgan fingerprint density at radius 3 is 2.64 bits per heavy atom. The molecule has 4 rings (SSSR count). The highest BCUT2D eigenvalue weighted by Gasteiger charge is 2.20. The van der Waals surface area contributed by atoms with Crippen molar-refractivity contribution >= 4 is 10.9 Å². The number of rotatable bonds is 10. The molecule has 0 radical (unpaired) electrons. The first-order chi connectivity index (χ1) is 16.0. The van der Waals surface area contributed by atoms with Crippen molar-refractivity contribution in [3.05, 3.63) is 48.2 Å². The lowest BCUT2D eigenvalue weighted by atomic mass is 10.0. The van der Waals surface area contributed by atoms with Gasteiger partial charge in [0.2, 0.25) is 5.82 Å². The Balaban J connectivity index is 1.68. The molecule has 0 saturated carbocycles. The quantitative estimate of drug-likeness (QED) is 0.326. The molecular formula is C25H30N4O4.